The molecule has 1 aliphatic carbocycles. The molecule has 1 aromatic rings. The van der Waals surface area contributed by atoms with Crippen LogP contribution in [0.1, 0.15) is 56.1 Å². The minimum Gasteiger partial charge on any atom is -0.340 e. The van der Waals surface area contributed by atoms with E-state index in [0.29, 0.717) is 18.5 Å². The van der Waals surface area contributed by atoms with Crippen molar-refractivity contribution in [1.82, 2.24) is 9.80 Å². The molecule has 2 heterocycles. The van der Waals surface area contributed by atoms with Gasteiger partial charge in [0.2, 0.25) is 11.8 Å². The summed E-state index contributed by atoms with van der Waals surface area (Å²) >= 11 is 0. The third-order valence-corrected chi connectivity index (χ3v) is 6.21. The number of nitrogens with zero attached hydrogens (tertiary/aromatic N) is 3. The monoisotopic (exact) mass is 351 g/mol. The molecular formula is C21H25N3O2. The maximum Gasteiger partial charge on any atom is 0.233 e. The smallest absolute Gasteiger partial charge is 0.233 e. The molecule has 4 rings (SSSR count). The number of carbonyl (C=O) groups excluding carboxylic acids is 2. The van der Waals surface area contributed by atoms with Crippen molar-refractivity contribution in [3.63, 3.8) is 0 Å². The van der Waals surface area contributed by atoms with Crippen LogP contribution in [0.15, 0.2) is 24.3 Å². The standard InChI is InChI=1S/C21H25N3O2/c22-14-16-6-8-17(9-7-16)21(10-11-21)20(26)23-12-3-4-18(15-23)24-13-2-1-5-19(24)25/h6-9,18H,1-5,10-13,15H2. The normalized spacial score (nSPS) is 24.9. The van der Waals surface area contributed by atoms with E-state index >= 15 is 0 Å². The highest BCUT2D eigenvalue weighted by Crippen LogP contribution is 2.50. The molecule has 2 aliphatic heterocycles. The SMILES string of the molecule is N#Cc1ccc(C2(C(=O)N3CCCC(N4CCCCC4=O)C3)CC2)cc1. The molecule has 136 valence electrons. The van der Waals surface area contributed by atoms with Crippen LogP contribution in [0.5, 0.6) is 0 Å². The number of likely N-dealkylation sites (tertiary alicyclic amines) is 2. The summed E-state index contributed by atoms with van der Waals surface area (Å²) in [6.07, 6.45) is 6.43. The molecule has 5 nitrogen and oxygen atoms in total. The molecule has 0 aromatic heterocycles. The first kappa shape index (κ1) is 17.1. The van der Waals surface area contributed by atoms with Crippen LogP contribution in [-0.2, 0) is 15.0 Å². The predicted octanol–water partition coefficient (Wildman–Crippen LogP) is 2.59. The summed E-state index contributed by atoms with van der Waals surface area (Å²) in [6, 6.07) is 9.77. The lowest BCUT2D eigenvalue weighted by atomic mass is 9.91. The molecule has 1 aromatic carbocycles. The Kier molecular flexibility index (Phi) is 4.44. The lowest BCUT2D eigenvalue weighted by Crippen LogP contribution is -2.54. The minimum atomic E-state index is -0.401. The zero-order valence-corrected chi connectivity index (χ0v) is 15.1. The van der Waals surface area contributed by atoms with Gasteiger partial charge >= 0.3 is 0 Å². The molecule has 3 fully saturated rings. The Hall–Kier alpha value is -2.35. The summed E-state index contributed by atoms with van der Waals surface area (Å²) in [5.74, 6) is 0.458. The number of carbonyl (C=O) groups is 2. The Morgan fingerprint density at radius 1 is 1.12 bits per heavy atom. The predicted molar refractivity (Wildman–Crippen MR) is 97.2 cm³/mol. The number of piperidine rings is 2. The summed E-state index contributed by atoms with van der Waals surface area (Å²) in [4.78, 5) is 29.6. The summed E-state index contributed by atoms with van der Waals surface area (Å²) in [6.45, 7) is 2.30. The second-order valence-electron chi connectivity index (χ2n) is 7.86. The molecule has 26 heavy (non-hydrogen) atoms. The number of hydrogen-bond acceptors (Lipinski definition) is 3. The number of rotatable bonds is 3. The highest BCUT2D eigenvalue weighted by Gasteiger charge is 2.53. The van der Waals surface area contributed by atoms with Gasteiger partial charge in [-0.15, -0.1) is 0 Å². The first-order valence-corrected chi connectivity index (χ1v) is 9.73. The lowest BCUT2D eigenvalue weighted by molar-refractivity contribution is -0.142. The van der Waals surface area contributed by atoms with Gasteiger partial charge in [0.1, 0.15) is 0 Å². The number of benzene rings is 1. The first-order valence-electron chi connectivity index (χ1n) is 9.73. The van der Waals surface area contributed by atoms with Crippen LogP contribution in [0.3, 0.4) is 0 Å². The summed E-state index contributed by atoms with van der Waals surface area (Å²) in [5, 5.41) is 8.98. The fourth-order valence-corrected chi connectivity index (χ4v) is 4.52. The Morgan fingerprint density at radius 3 is 2.54 bits per heavy atom. The van der Waals surface area contributed by atoms with Gasteiger partial charge in [-0.1, -0.05) is 12.1 Å². The van der Waals surface area contributed by atoms with E-state index in [1.807, 2.05) is 21.9 Å². The molecule has 3 aliphatic rings. The van der Waals surface area contributed by atoms with Crippen LogP contribution in [0, 0.1) is 11.3 Å². The first-order chi connectivity index (χ1) is 12.6. The highest BCUT2D eigenvalue weighted by molar-refractivity contribution is 5.91. The van der Waals surface area contributed by atoms with Gasteiger partial charge in [0.25, 0.3) is 0 Å². The Labute approximate surface area is 154 Å². The van der Waals surface area contributed by atoms with Crippen LogP contribution in [-0.4, -0.2) is 47.3 Å². The van der Waals surface area contributed by atoms with E-state index in [0.717, 1.165) is 57.2 Å². The van der Waals surface area contributed by atoms with E-state index in [1.54, 1.807) is 12.1 Å². The molecule has 2 amide bonds. The molecule has 1 unspecified atom stereocenters. The number of nitriles is 1. The van der Waals surface area contributed by atoms with Crippen molar-refractivity contribution in [1.29, 1.82) is 5.26 Å². The van der Waals surface area contributed by atoms with Crippen molar-refractivity contribution in [3.8, 4) is 6.07 Å². The van der Waals surface area contributed by atoms with Crippen molar-refractivity contribution < 1.29 is 9.59 Å². The van der Waals surface area contributed by atoms with Gasteiger partial charge in [-0.3, -0.25) is 9.59 Å². The van der Waals surface area contributed by atoms with Crippen molar-refractivity contribution in [2.24, 2.45) is 0 Å². The quantitative estimate of drug-likeness (QED) is 0.841. The second-order valence-corrected chi connectivity index (χ2v) is 7.86. The highest BCUT2D eigenvalue weighted by atomic mass is 16.2. The van der Waals surface area contributed by atoms with E-state index in [9.17, 15) is 9.59 Å². The fourth-order valence-electron chi connectivity index (χ4n) is 4.52. The topological polar surface area (TPSA) is 64.4 Å². The third kappa shape index (κ3) is 2.98. The summed E-state index contributed by atoms with van der Waals surface area (Å²) in [5.41, 5.74) is 1.25. The van der Waals surface area contributed by atoms with Crippen LogP contribution in [0.2, 0.25) is 0 Å². The molecule has 0 N–H and O–H groups in total. The van der Waals surface area contributed by atoms with Crippen molar-refractivity contribution in [3.05, 3.63) is 35.4 Å². The Bertz CT molecular complexity index is 746. The van der Waals surface area contributed by atoms with E-state index in [2.05, 4.69) is 6.07 Å². The zero-order valence-electron chi connectivity index (χ0n) is 15.1. The molecule has 0 spiro atoms. The van der Waals surface area contributed by atoms with Crippen LogP contribution < -0.4 is 0 Å². The van der Waals surface area contributed by atoms with Gasteiger partial charge in [-0.05, 0) is 56.2 Å². The van der Waals surface area contributed by atoms with Crippen molar-refractivity contribution in [2.75, 3.05) is 19.6 Å². The van der Waals surface area contributed by atoms with Crippen LogP contribution in [0.25, 0.3) is 0 Å². The number of hydrogen-bond donors (Lipinski definition) is 0. The maximum absolute atomic E-state index is 13.3. The molecule has 0 bridgehead atoms. The lowest BCUT2D eigenvalue weighted by Gasteiger charge is -2.42. The van der Waals surface area contributed by atoms with Crippen molar-refractivity contribution in [2.45, 2.75) is 56.4 Å². The Morgan fingerprint density at radius 2 is 1.88 bits per heavy atom. The largest absolute Gasteiger partial charge is 0.340 e. The summed E-state index contributed by atoms with van der Waals surface area (Å²) < 4.78 is 0. The van der Waals surface area contributed by atoms with Gasteiger partial charge in [-0.25, -0.2) is 0 Å². The van der Waals surface area contributed by atoms with E-state index in [-0.39, 0.29) is 17.9 Å². The van der Waals surface area contributed by atoms with Gasteiger partial charge < -0.3 is 9.80 Å². The molecule has 1 atom stereocenters. The molecule has 5 heteroatoms. The van der Waals surface area contributed by atoms with Gasteiger partial charge in [-0.2, -0.15) is 5.26 Å². The molecule has 2 saturated heterocycles. The van der Waals surface area contributed by atoms with Gasteiger partial charge in [0.15, 0.2) is 0 Å². The number of amides is 2. The maximum atomic E-state index is 13.3. The summed E-state index contributed by atoms with van der Waals surface area (Å²) in [7, 11) is 0. The molecular weight excluding hydrogens is 326 g/mol. The van der Waals surface area contributed by atoms with Gasteiger partial charge in [0.05, 0.1) is 17.0 Å². The van der Waals surface area contributed by atoms with Crippen molar-refractivity contribution >= 4 is 11.8 Å². The third-order valence-electron chi connectivity index (χ3n) is 6.21. The fraction of sp³-hybridized carbons (Fsp3) is 0.571. The minimum absolute atomic E-state index is 0.178. The van der Waals surface area contributed by atoms with Gasteiger partial charge in [0, 0.05) is 32.1 Å². The average molecular weight is 351 g/mol. The zero-order chi connectivity index (χ0) is 18.1. The Balaban J connectivity index is 1.48. The average Bonchev–Trinajstić information content (AvgIpc) is 3.50. The van der Waals surface area contributed by atoms with E-state index in [1.165, 1.54) is 0 Å². The second kappa shape index (κ2) is 6.75. The van der Waals surface area contributed by atoms with E-state index in [4.69, 9.17) is 5.26 Å². The van der Waals surface area contributed by atoms with Crippen LogP contribution >= 0.6 is 0 Å². The van der Waals surface area contributed by atoms with Crippen LogP contribution in [0.4, 0.5) is 0 Å². The van der Waals surface area contributed by atoms with E-state index < -0.39 is 5.41 Å². The molecule has 0 radical (unpaired) electrons. The molecule has 1 saturated carbocycles.